The van der Waals surface area contributed by atoms with Crippen molar-refractivity contribution in [3.8, 4) is 0 Å². The highest BCUT2D eigenvalue weighted by molar-refractivity contribution is 7.80. The van der Waals surface area contributed by atoms with E-state index in [0.29, 0.717) is 22.5 Å². The van der Waals surface area contributed by atoms with Crippen LogP contribution in [-0.4, -0.2) is 14.7 Å². The molecular formula is C10H8N3O3S-. The van der Waals surface area contributed by atoms with Crippen LogP contribution >= 0.6 is 0 Å². The molecule has 1 aromatic rings. The molecule has 0 aliphatic carbocycles. The number of hydrogen-bond donors (Lipinski definition) is 1. The van der Waals surface area contributed by atoms with E-state index < -0.39 is 17.2 Å². The van der Waals surface area contributed by atoms with E-state index in [1.165, 1.54) is 0 Å². The smallest absolute Gasteiger partial charge is 0.297 e. The number of benzene rings is 1. The van der Waals surface area contributed by atoms with Crippen molar-refractivity contribution in [1.29, 1.82) is 0 Å². The number of rotatable bonds is 3. The Morgan fingerprint density at radius 3 is 2.71 bits per heavy atom. The zero-order valence-electron chi connectivity index (χ0n) is 8.84. The molecule has 0 saturated heterocycles. The van der Waals surface area contributed by atoms with Crippen LogP contribution in [0.2, 0.25) is 0 Å². The van der Waals surface area contributed by atoms with E-state index in [9.17, 15) is 13.6 Å². The van der Waals surface area contributed by atoms with Crippen molar-refractivity contribution >= 4 is 28.4 Å². The molecule has 0 spiro atoms. The third-order valence-corrected chi connectivity index (χ3v) is 2.62. The van der Waals surface area contributed by atoms with E-state index in [-0.39, 0.29) is 0 Å². The molecule has 0 bridgehead atoms. The van der Waals surface area contributed by atoms with Gasteiger partial charge in [0, 0.05) is 17.0 Å². The van der Waals surface area contributed by atoms with E-state index in [1.807, 2.05) is 0 Å². The first-order valence-corrected chi connectivity index (χ1v) is 5.79. The first kappa shape index (κ1) is 11.6. The van der Waals surface area contributed by atoms with Crippen LogP contribution in [0.3, 0.4) is 0 Å². The summed E-state index contributed by atoms with van der Waals surface area (Å²) in [7, 11) is 0. The van der Waals surface area contributed by atoms with Gasteiger partial charge in [0.15, 0.2) is 0 Å². The molecule has 1 unspecified atom stereocenters. The third-order valence-electron chi connectivity index (χ3n) is 2.22. The summed E-state index contributed by atoms with van der Waals surface area (Å²) in [5.74, 6) is -0.414. The average molecular weight is 250 g/mol. The maximum absolute atomic E-state index is 11.5. The topological polar surface area (TPSA) is 93.9 Å². The zero-order chi connectivity index (χ0) is 12.4. The van der Waals surface area contributed by atoms with Crippen molar-refractivity contribution < 1.29 is 13.6 Å². The number of azo groups is 1. The molecule has 0 aromatic heterocycles. The van der Waals surface area contributed by atoms with E-state index in [4.69, 9.17) is 0 Å². The summed E-state index contributed by atoms with van der Waals surface area (Å²) in [6, 6.07) is 6.49. The molecule has 1 heterocycles. The van der Waals surface area contributed by atoms with Crippen LogP contribution < -0.4 is 4.72 Å². The molecule has 88 valence electrons. The minimum absolute atomic E-state index is 0.385. The second-order valence-corrected chi connectivity index (χ2v) is 4.06. The van der Waals surface area contributed by atoms with Crippen LogP contribution in [0.1, 0.15) is 12.5 Å². The Kier molecular flexibility index (Phi) is 3.12. The number of amides is 1. The Hall–Kier alpha value is -1.86. The van der Waals surface area contributed by atoms with E-state index in [1.54, 1.807) is 31.2 Å². The van der Waals surface area contributed by atoms with Crippen LogP contribution in [0.4, 0.5) is 5.69 Å². The maximum atomic E-state index is 11.5. The quantitative estimate of drug-likeness (QED) is 0.826. The fraction of sp³-hybridized carbons (Fsp3) is 0.100. The standard InChI is InChI=1S/C10H9N3O3S/c1-6-9(10(14)12-11-6)7-3-2-4-8(5-7)13-17(15)16/h2-5,13H,1H3,(H,15,16)/p-1. The van der Waals surface area contributed by atoms with Gasteiger partial charge in [-0.2, -0.15) is 5.11 Å². The van der Waals surface area contributed by atoms with Gasteiger partial charge in [-0.15, -0.1) is 5.11 Å². The van der Waals surface area contributed by atoms with E-state index in [2.05, 4.69) is 15.0 Å². The van der Waals surface area contributed by atoms with Crippen molar-refractivity contribution in [2.45, 2.75) is 6.92 Å². The van der Waals surface area contributed by atoms with Crippen LogP contribution in [0.25, 0.3) is 5.57 Å². The molecular weight excluding hydrogens is 242 g/mol. The first-order valence-electron chi connectivity index (χ1n) is 4.71. The molecule has 1 aliphatic rings. The number of carbonyl (C=O) groups is 1. The third kappa shape index (κ3) is 2.45. The number of nitrogens with one attached hydrogen (secondary N) is 1. The summed E-state index contributed by atoms with van der Waals surface area (Å²) in [6.45, 7) is 1.68. The van der Waals surface area contributed by atoms with Gasteiger partial charge < -0.3 is 9.27 Å². The Bertz CT molecular complexity index is 566. The van der Waals surface area contributed by atoms with Gasteiger partial charge in [-0.1, -0.05) is 12.1 Å². The number of anilines is 1. The zero-order valence-corrected chi connectivity index (χ0v) is 9.65. The van der Waals surface area contributed by atoms with E-state index >= 15 is 0 Å². The normalized spacial score (nSPS) is 16.5. The molecule has 2 rings (SSSR count). The summed E-state index contributed by atoms with van der Waals surface area (Å²) in [6.07, 6.45) is 0. The lowest BCUT2D eigenvalue weighted by molar-refractivity contribution is -0.112. The predicted octanol–water partition coefficient (Wildman–Crippen LogP) is 1.62. The SMILES string of the molecule is CC1=C(c2cccc(NS(=O)[O-])c2)C(=O)N=N1. The molecule has 0 radical (unpaired) electrons. The van der Waals surface area contributed by atoms with Crippen LogP contribution in [0, 0.1) is 0 Å². The molecule has 0 fully saturated rings. The Labute approximate surface area is 99.9 Å². The fourth-order valence-corrected chi connectivity index (χ4v) is 1.86. The Morgan fingerprint density at radius 2 is 2.12 bits per heavy atom. The summed E-state index contributed by atoms with van der Waals surface area (Å²) in [5, 5.41) is 7.11. The van der Waals surface area contributed by atoms with Crippen molar-refractivity contribution in [2.75, 3.05) is 4.72 Å². The van der Waals surface area contributed by atoms with Crippen LogP contribution in [0.5, 0.6) is 0 Å². The number of hydrogen-bond acceptors (Lipinski definition) is 4. The lowest BCUT2D eigenvalue weighted by Crippen LogP contribution is -2.03. The Balaban J connectivity index is 2.38. The number of allylic oxidation sites excluding steroid dienone is 1. The molecule has 6 nitrogen and oxygen atoms in total. The minimum atomic E-state index is -2.39. The summed E-state index contributed by atoms with van der Waals surface area (Å²) in [4.78, 5) is 11.5. The molecule has 1 amide bonds. The highest BCUT2D eigenvalue weighted by atomic mass is 32.2. The van der Waals surface area contributed by atoms with Crippen LogP contribution in [-0.2, 0) is 16.1 Å². The molecule has 1 atom stereocenters. The van der Waals surface area contributed by atoms with Gasteiger partial charge in [0.1, 0.15) is 0 Å². The van der Waals surface area contributed by atoms with Crippen molar-refractivity contribution in [1.82, 2.24) is 0 Å². The first-order chi connectivity index (χ1) is 8.08. The summed E-state index contributed by atoms with van der Waals surface area (Å²) >= 11 is -2.39. The molecule has 1 aromatic carbocycles. The van der Waals surface area contributed by atoms with Crippen molar-refractivity contribution in [2.24, 2.45) is 10.2 Å². The highest BCUT2D eigenvalue weighted by Gasteiger charge is 2.20. The van der Waals surface area contributed by atoms with Gasteiger partial charge in [-0.3, -0.25) is 9.00 Å². The largest absolute Gasteiger partial charge is 0.755 e. The molecule has 7 heteroatoms. The second kappa shape index (κ2) is 4.56. The average Bonchev–Trinajstić information content (AvgIpc) is 2.58. The lowest BCUT2D eigenvalue weighted by atomic mass is 10.0. The van der Waals surface area contributed by atoms with Gasteiger partial charge in [0.2, 0.25) is 0 Å². The van der Waals surface area contributed by atoms with Gasteiger partial charge in [0.25, 0.3) is 5.91 Å². The predicted molar refractivity (Wildman–Crippen MR) is 61.4 cm³/mol. The molecule has 1 aliphatic heterocycles. The molecule has 1 N–H and O–H groups in total. The minimum Gasteiger partial charge on any atom is -0.755 e. The molecule has 0 saturated carbocycles. The summed E-state index contributed by atoms with van der Waals surface area (Å²) < 4.78 is 23.2. The Morgan fingerprint density at radius 1 is 1.35 bits per heavy atom. The number of nitrogens with zero attached hydrogens (tertiary/aromatic N) is 2. The molecule has 17 heavy (non-hydrogen) atoms. The maximum Gasteiger partial charge on any atom is 0.297 e. The highest BCUT2D eigenvalue weighted by Crippen LogP contribution is 2.27. The fourth-order valence-electron chi connectivity index (χ4n) is 1.54. The van der Waals surface area contributed by atoms with Gasteiger partial charge in [-0.05, 0) is 24.6 Å². The van der Waals surface area contributed by atoms with E-state index in [0.717, 1.165) is 0 Å². The monoisotopic (exact) mass is 250 g/mol. The van der Waals surface area contributed by atoms with Gasteiger partial charge in [0.05, 0.1) is 11.3 Å². The van der Waals surface area contributed by atoms with Crippen molar-refractivity contribution in [3.63, 3.8) is 0 Å². The lowest BCUT2D eigenvalue weighted by Gasteiger charge is -2.09. The number of carbonyl (C=O) groups excluding carboxylic acids is 1. The van der Waals surface area contributed by atoms with Gasteiger partial charge in [-0.25, -0.2) is 0 Å². The van der Waals surface area contributed by atoms with Crippen molar-refractivity contribution in [3.05, 3.63) is 35.5 Å². The summed E-state index contributed by atoms with van der Waals surface area (Å²) in [5.41, 5.74) is 1.89. The van der Waals surface area contributed by atoms with Gasteiger partial charge >= 0.3 is 0 Å². The van der Waals surface area contributed by atoms with Crippen LogP contribution in [0.15, 0.2) is 40.2 Å². The second-order valence-electron chi connectivity index (χ2n) is 3.38.